The van der Waals surface area contributed by atoms with Crippen molar-refractivity contribution in [1.29, 1.82) is 0 Å². The molecule has 1 N–H and O–H groups in total. The van der Waals surface area contributed by atoms with E-state index in [-0.39, 0.29) is 5.70 Å². The highest BCUT2D eigenvalue weighted by Gasteiger charge is 2.22. The number of hydrogen-bond acceptors (Lipinski definition) is 4. The van der Waals surface area contributed by atoms with Gasteiger partial charge in [0.1, 0.15) is 5.70 Å². The standard InChI is InChI=1S/C16H15N3O2/c1-18(2)11-7-9-12(10-8-11)19(21)15-13-5-3-4-6-14(13)17-16(15)20/h3-10,21H,1-2H3. The molecule has 0 aromatic heterocycles. The van der Waals surface area contributed by atoms with Gasteiger partial charge in [0.2, 0.25) is 0 Å². The third kappa shape index (κ3) is 2.28. The lowest BCUT2D eigenvalue weighted by molar-refractivity contribution is -0.113. The summed E-state index contributed by atoms with van der Waals surface area (Å²) in [7, 11) is 3.88. The van der Waals surface area contributed by atoms with Crippen molar-refractivity contribution in [2.45, 2.75) is 0 Å². The summed E-state index contributed by atoms with van der Waals surface area (Å²) in [5.41, 5.74) is 1.72. The van der Waals surface area contributed by atoms with Gasteiger partial charge in [0.15, 0.2) is 0 Å². The third-order valence-electron chi connectivity index (χ3n) is 3.41. The first-order chi connectivity index (χ1) is 10.1. The van der Waals surface area contributed by atoms with E-state index in [0.717, 1.165) is 10.8 Å². The molecule has 1 aliphatic rings. The van der Waals surface area contributed by atoms with Crippen LogP contribution >= 0.6 is 0 Å². The molecule has 21 heavy (non-hydrogen) atoms. The Balaban J connectivity index is 2.05. The molecule has 0 atom stereocenters. The molecule has 0 saturated carbocycles. The highest BCUT2D eigenvalue weighted by atomic mass is 16.5. The van der Waals surface area contributed by atoms with Crippen LogP contribution in [-0.2, 0) is 4.79 Å². The summed E-state index contributed by atoms with van der Waals surface area (Å²) >= 11 is 0. The SMILES string of the molecule is CN(C)c1ccc(N(O)C2=c3ccccc3=NC2=O)cc1. The molecule has 0 saturated heterocycles. The molecular formula is C16H15N3O2. The van der Waals surface area contributed by atoms with Crippen LogP contribution in [-0.4, -0.2) is 25.2 Å². The summed E-state index contributed by atoms with van der Waals surface area (Å²) < 4.78 is 0. The minimum absolute atomic E-state index is 0.184. The average Bonchev–Trinajstić information content (AvgIpc) is 2.82. The quantitative estimate of drug-likeness (QED) is 0.850. The first-order valence-corrected chi connectivity index (χ1v) is 6.57. The lowest BCUT2D eigenvalue weighted by Crippen LogP contribution is -2.30. The Morgan fingerprint density at radius 3 is 2.24 bits per heavy atom. The van der Waals surface area contributed by atoms with E-state index >= 15 is 0 Å². The maximum atomic E-state index is 12.0. The largest absolute Gasteiger partial charge is 0.378 e. The zero-order valence-corrected chi connectivity index (χ0v) is 11.8. The topological polar surface area (TPSA) is 56.1 Å². The summed E-state index contributed by atoms with van der Waals surface area (Å²) in [5, 5.41) is 12.5. The summed E-state index contributed by atoms with van der Waals surface area (Å²) in [5.74, 6) is -0.435. The van der Waals surface area contributed by atoms with Crippen molar-refractivity contribution < 1.29 is 10.0 Å². The molecule has 0 radical (unpaired) electrons. The molecule has 106 valence electrons. The molecule has 1 aliphatic heterocycles. The molecule has 1 amide bonds. The molecule has 0 aliphatic carbocycles. The predicted octanol–water partition coefficient (Wildman–Crippen LogP) is 0.916. The number of rotatable bonds is 3. The van der Waals surface area contributed by atoms with E-state index in [9.17, 15) is 10.0 Å². The fraction of sp³-hybridized carbons (Fsp3) is 0.125. The Morgan fingerprint density at radius 2 is 1.57 bits per heavy atom. The number of amides is 1. The maximum Gasteiger partial charge on any atom is 0.297 e. The van der Waals surface area contributed by atoms with Crippen LogP contribution in [0.5, 0.6) is 0 Å². The number of hydroxylamine groups is 1. The number of carbonyl (C=O) groups excluding carboxylic acids is 1. The Kier molecular flexibility index (Phi) is 3.19. The third-order valence-corrected chi connectivity index (χ3v) is 3.41. The number of carbonyl (C=O) groups is 1. The Bertz CT molecular complexity index is 810. The highest BCUT2D eigenvalue weighted by molar-refractivity contribution is 6.18. The molecule has 3 rings (SSSR count). The van der Waals surface area contributed by atoms with Gasteiger partial charge in [-0.2, -0.15) is 0 Å². The number of benzene rings is 2. The number of fused-ring (bicyclic) bond motifs is 1. The normalized spacial score (nSPS) is 12.9. The average molecular weight is 281 g/mol. The van der Waals surface area contributed by atoms with Crippen molar-refractivity contribution in [3.8, 4) is 0 Å². The maximum absolute atomic E-state index is 12.0. The van der Waals surface area contributed by atoms with Crippen molar-refractivity contribution in [2.24, 2.45) is 4.99 Å². The van der Waals surface area contributed by atoms with Crippen molar-refractivity contribution in [1.82, 2.24) is 0 Å². The molecule has 5 heteroatoms. The van der Waals surface area contributed by atoms with Crippen LogP contribution in [0, 0.1) is 0 Å². The van der Waals surface area contributed by atoms with E-state index in [1.54, 1.807) is 24.3 Å². The molecule has 2 aromatic carbocycles. The Labute approximate surface area is 122 Å². The van der Waals surface area contributed by atoms with Crippen molar-refractivity contribution in [3.05, 3.63) is 59.1 Å². The Hall–Kier alpha value is -2.66. The second-order valence-corrected chi connectivity index (χ2v) is 5.01. The first-order valence-electron chi connectivity index (χ1n) is 6.57. The van der Waals surface area contributed by atoms with Crippen LogP contribution in [0.1, 0.15) is 0 Å². The molecule has 0 fully saturated rings. The number of nitrogens with zero attached hydrogens (tertiary/aromatic N) is 3. The van der Waals surface area contributed by atoms with Gasteiger partial charge in [-0.15, -0.1) is 0 Å². The van der Waals surface area contributed by atoms with E-state index in [1.807, 2.05) is 43.3 Å². The summed E-state index contributed by atoms with van der Waals surface area (Å²) in [6.45, 7) is 0. The highest BCUT2D eigenvalue weighted by Crippen LogP contribution is 2.22. The first kappa shape index (κ1) is 13.3. The second-order valence-electron chi connectivity index (χ2n) is 5.01. The lowest BCUT2D eigenvalue weighted by Gasteiger charge is -2.18. The minimum atomic E-state index is -0.435. The molecule has 0 bridgehead atoms. The van der Waals surface area contributed by atoms with E-state index in [2.05, 4.69) is 4.99 Å². The summed E-state index contributed by atoms with van der Waals surface area (Å²) in [4.78, 5) is 17.9. The van der Waals surface area contributed by atoms with Gasteiger partial charge in [-0.05, 0) is 30.3 Å². The Morgan fingerprint density at radius 1 is 0.952 bits per heavy atom. The van der Waals surface area contributed by atoms with Crippen LogP contribution in [0.4, 0.5) is 11.4 Å². The molecular weight excluding hydrogens is 266 g/mol. The minimum Gasteiger partial charge on any atom is -0.378 e. The van der Waals surface area contributed by atoms with Gasteiger partial charge in [0.25, 0.3) is 5.91 Å². The van der Waals surface area contributed by atoms with Gasteiger partial charge in [-0.1, -0.05) is 18.2 Å². The lowest BCUT2D eigenvalue weighted by atomic mass is 10.2. The van der Waals surface area contributed by atoms with Gasteiger partial charge in [0.05, 0.1) is 11.0 Å². The molecule has 1 heterocycles. The number of para-hydroxylation sites is 1. The fourth-order valence-corrected chi connectivity index (χ4v) is 2.27. The van der Waals surface area contributed by atoms with Gasteiger partial charge in [0, 0.05) is 25.0 Å². The van der Waals surface area contributed by atoms with Crippen molar-refractivity contribution >= 4 is 23.0 Å². The van der Waals surface area contributed by atoms with Crippen molar-refractivity contribution in [2.75, 3.05) is 24.1 Å². The molecule has 2 aromatic rings. The van der Waals surface area contributed by atoms with Crippen molar-refractivity contribution in [3.63, 3.8) is 0 Å². The van der Waals surface area contributed by atoms with Crippen LogP contribution < -0.4 is 20.5 Å². The zero-order chi connectivity index (χ0) is 15.0. The van der Waals surface area contributed by atoms with E-state index in [4.69, 9.17) is 0 Å². The molecule has 5 nitrogen and oxygen atoms in total. The van der Waals surface area contributed by atoms with E-state index in [0.29, 0.717) is 16.3 Å². The fourth-order valence-electron chi connectivity index (χ4n) is 2.27. The van der Waals surface area contributed by atoms with Crippen LogP contribution in [0.15, 0.2) is 53.5 Å². The summed E-state index contributed by atoms with van der Waals surface area (Å²) in [6, 6.07) is 14.4. The predicted molar refractivity (Wildman–Crippen MR) is 80.7 cm³/mol. The van der Waals surface area contributed by atoms with Crippen LogP contribution in [0.3, 0.4) is 0 Å². The van der Waals surface area contributed by atoms with E-state index < -0.39 is 5.91 Å². The van der Waals surface area contributed by atoms with E-state index in [1.165, 1.54) is 0 Å². The van der Waals surface area contributed by atoms with Crippen LogP contribution in [0.2, 0.25) is 0 Å². The zero-order valence-electron chi connectivity index (χ0n) is 11.8. The summed E-state index contributed by atoms with van der Waals surface area (Å²) in [6.07, 6.45) is 0. The van der Waals surface area contributed by atoms with Gasteiger partial charge in [-0.3, -0.25) is 10.0 Å². The molecule has 0 unspecified atom stereocenters. The monoisotopic (exact) mass is 281 g/mol. The van der Waals surface area contributed by atoms with Gasteiger partial charge < -0.3 is 4.90 Å². The van der Waals surface area contributed by atoms with Crippen LogP contribution in [0.25, 0.3) is 5.70 Å². The number of hydrogen-bond donors (Lipinski definition) is 1. The smallest absolute Gasteiger partial charge is 0.297 e. The van der Waals surface area contributed by atoms with Gasteiger partial charge >= 0.3 is 0 Å². The van der Waals surface area contributed by atoms with Gasteiger partial charge in [-0.25, -0.2) is 10.1 Å². The molecule has 0 spiro atoms. The number of anilines is 2. The second kappa shape index (κ2) is 5.03.